The standard InChI is InChI=1S/C18H19N3O3S/c1-4-11-7-5-10-14-15(11)19-18(25-14)21-20-17(22)12-8-6-9-13(23-2)16(12)24-3/h5-10H,4H2,1-3H3,(H,19,21)(H,20,22). The minimum Gasteiger partial charge on any atom is -0.493 e. The molecule has 0 atom stereocenters. The number of methoxy groups -OCH3 is 2. The molecule has 7 heteroatoms. The van der Waals surface area contributed by atoms with Gasteiger partial charge < -0.3 is 9.47 Å². The highest BCUT2D eigenvalue weighted by molar-refractivity contribution is 7.22. The van der Waals surface area contributed by atoms with Gasteiger partial charge in [-0.1, -0.05) is 36.5 Å². The van der Waals surface area contributed by atoms with E-state index in [-0.39, 0.29) is 5.91 Å². The molecule has 3 rings (SSSR count). The lowest BCUT2D eigenvalue weighted by Gasteiger charge is -2.12. The van der Waals surface area contributed by atoms with Gasteiger partial charge in [0.25, 0.3) is 5.91 Å². The Balaban J connectivity index is 1.79. The van der Waals surface area contributed by atoms with Crippen LogP contribution in [0.1, 0.15) is 22.8 Å². The fourth-order valence-electron chi connectivity index (χ4n) is 2.59. The third kappa shape index (κ3) is 3.36. The first-order valence-electron chi connectivity index (χ1n) is 7.83. The highest BCUT2D eigenvalue weighted by atomic mass is 32.1. The smallest absolute Gasteiger partial charge is 0.273 e. The van der Waals surface area contributed by atoms with Gasteiger partial charge >= 0.3 is 0 Å². The summed E-state index contributed by atoms with van der Waals surface area (Å²) >= 11 is 1.49. The molecule has 0 saturated carbocycles. The van der Waals surface area contributed by atoms with Crippen LogP contribution >= 0.6 is 11.3 Å². The van der Waals surface area contributed by atoms with Crippen molar-refractivity contribution in [2.45, 2.75) is 13.3 Å². The molecule has 0 fully saturated rings. The fraction of sp³-hybridized carbons (Fsp3) is 0.222. The third-order valence-corrected chi connectivity index (χ3v) is 4.75. The molecule has 0 bridgehead atoms. The van der Waals surface area contributed by atoms with Crippen LogP contribution in [0.4, 0.5) is 5.13 Å². The normalized spacial score (nSPS) is 10.5. The molecule has 2 aromatic carbocycles. The topological polar surface area (TPSA) is 72.5 Å². The Kier molecular flexibility index (Phi) is 5.04. The number of aryl methyl sites for hydroxylation is 1. The number of carbonyl (C=O) groups is 1. The van der Waals surface area contributed by atoms with E-state index in [4.69, 9.17) is 9.47 Å². The zero-order valence-corrected chi connectivity index (χ0v) is 15.1. The summed E-state index contributed by atoms with van der Waals surface area (Å²) in [5.41, 5.74) is 8.07. The van der Waals surface area contributed by atoms with Crippen LogP contribution in [0, 0.1) is 0 Å². The number of hydrogen-bond donors (Lipinski definition) is 2. The molecule has 0 saturated heterocycles. The summed E-state index contributed by atoms with van der Waals surface area (Å²) in [6.45, 7) is 2.10. The van der Waals surface area contributed by atoms with E-state index in [9.17, 15) is 4.79 Å². The number of nitrogens with one attached hydrogen (secondary N) is 2. The predicted octanol–water partition coefficient (Wildman–Crippen LogP) is 3.63. The predicted molar refractivity (Wildman–Crippen MR) is 99.6 cm³/mol. The zero-order chi connectivity index (χ0) is 17.8. The van der Waals surface area contributed by atoms with Crippen LogP contribution in [0.5, 0.6) is 11.5 Å². The highest BCUT2D eigenvalue weighted by Gasteiger charge is 2.16. The maximum absolute atomic E-state index is 12.5. The molecule has 1 heterocycles. The Hall–Kier alpha value is -2.80. The van der Waals surface area contributed by atoms with Crippen molar-refractivity contribution < 1.29 is 14.3 Å². The lowest BCUT2D eigenvalue weighted by molar-refractivity contribution is 0.0959. The lowest BCUT2D eigenvalue weighted by atomic mass is 10.1. The number of ether oxygens (including phenoxy) is 2. The van der Waals surface area contributed by atoms with Gasteiger partial charge in [-0.15, -0.1) is 0 Å². The second kappa shape index (κ2) is 7.40. The number of aromatic nitrogens is 1. The zero-order valence-electron chi connectivity index (χ0n) is 14.3. The van der Waals surface area contributed by atoms with Gasteiger partial charge in [-0.2, -0.15) is 0 Å². The van der Waals surface area contributed by atoms with E-state index in [1.165, 1.54) is 31.1 Å². The van der Waals surface area contributed by atoms with Crippen molar-refractivity contribution in [3.05, 3.63) is 47.5 Å². The van der Waals surface area contributed by atoms with Crippen LogP contribution in [0.25, 0.3) is 10.2 Å². The second-order valence-electron chi connectivity index (χ2n) is 5.26. The molecule has 0 aliphatic carbocycles. The molecular weight excluding hydrogens is 338 g/mol. The molecule has 1 amide bonds. The SMILES string of the molecule is CCc1cccc2sc(NNC(=O)c3cccc(OC)c3OC)nc12. The lowest BCUT2D eigenvalue weighted by Crippen LogP contribution is -2.29. The summed E-state index contributed by atoms with van der Waals surface area (Å²) in [6.07, 6.45) is 0.911. The molecular formula is C18H19N3O3S. The van der Waals surface area contributed by atoms with E-state index >= 15 is 0 Å². The molecule has 6 nitrogen and oxygen atoms in total. The number of amides is 1. The van der Waals surface area contributed by atoms with Gasteiger partial charge in [-0.3, -0.25) is 15.6 Å². The summed E-state index contributed by atoms with van der Waals surface area (Å²) in [4.78, 5) is 17.0. The van der Waals surface area contributed by atoms with Crippen LogP contribution in [0.2, 0.25) is 0 Å². The number of fused-ring (bicyclic) bond motifs is 1. The first-order valence-corrected chi connectivity index (χ1v) is 8.65. The minimum atomic E-state index is -0.328. The quantitative estimate of drug-likeness (QED) is 0.659. The van der Waals surface area contributed by atoms with E-state index in [0.717, 1.165) is 16.6 Å². The summed E-state index contributed by atoms with van der Waals surface area (Å²) in [6, 6.07) is 11.2. The number of benzene rings is 2. The molecule has 1 aromatic heterocycles. The van der Waals surface area contributed by atoms with E-state index in [1.54, 1.807) is 18.2 Å². The van der Waals surface area contributed by atoms with Crippen molar-refractivity contribution in [3.8, 4) is 11.5 Å². The van der Waals surface area contributed by atoms with Gasteiger partial charge in [0.1, 0.15) is 0 Å². The van der Waals surface area contributed by atoms with Crippen LogP contribution in [0.3, 0.4) is 0 Å². The third-order valence-electron chi connectivity index (χ3n) is 3.81. The molecule has 25 heavy (non-hydrogen) atoms. The van der Waals surface area contributed by atoms with Gasteiger partial charge in [0.2, 0.25) is 5.13 Å². The number of rotatable bonds is 6. The molecule has 0 unspecified atom stereocenters. The summed E-state index contributed by atoms with van der Waals surface area (Å²) in [5, 5.41) is 0.631. The first-order chi connectivity index (χ1) is 12.2. The summed E-state index contributed by atoms with van der Waals surface area (Å²) in [5.74, 6) is 0.565. The van der Waals surface area contributed by atoms with Gasteiger partial charge in [-0.25, -0.2) is 4.98 Å². The largest absolute Gasteiger partial charge is 0.493 e. The molecule has 3 aromatic rings. The molecule has 0 radical (unpaired) electrons. The van der Waals surface area contributed by atoms with E-state index in [0.29, 0.717) is 22.2 Å². The molecule has 0 spiro atoms. The Morgan fingerprint density at radius 1 is 1.16 bits per heavy atom. The highest BCUT2D eigenvalue weighted by Crippen LogP contribution is 2.31. The van der Waals surface area contributed by atoms with Gasteiger partial charge in [0, 0.05) is 0 Å². The number of thiazole rings is 1. The molecule has 130 valence electrons. The average molecular weight is 357 g/mol. The number of para-hydroxylation sites is 2. The van der Waals surface area contributed by atoms with E-state index in [2.05, 4.69) is 28.8 Å². The molecule has 2 N–H and O–H groups in total. The van der Waals surface area contributed by atoms with Gasteiger partial charge in [0.15, 0.2) is 11.5 Å². The van der Waals surface area contributed by atoms with Crippen LogP contribution in [0.15, 0.2) is 36.4 Å². The van der Waals surface area contributed by atoms with Crippen molar-refractivity contribution in [2.75, 3.05) is 19.6 Å². The van der Waals surface area contributed by atoms with Gasteiger partial charge in [-0.05, 0) is 30.2 Å². The Labute approximate surface area is 149 Å². The summed E-state index contributed by atoms with van der Waals surface area (Å²) in [7, 11) is 3.03. The maximum Gasteiger partial charge on any atom is 0.273 e. The Bertz CT molecular complexity index is 908. The first kappa shape index (κ1) is 17.0. The van der Waals surface area contributed by atoms with Crippen molar-refractivity contribution in [1.82, 2.24) is 10.4 Å². The minimum absolute atomic E-state index is 0.328. The van der Waals surface area contributed by atoms with E-state index in [1.807, 2.05) is 12.1 Å². The Morgan fingerprint density at radius 2 is 1.96 bits per heavy atom. The van der Waals surface area contributed by atoms with Crippen LogP contribution in [-0.4, -0.2) is 25.1 Å². The number of anilines is 1. The van der Waals surface area contributed by atoms with Crippen molar-refractivity contribution in [2.24, 2.45) is 0 Å². The van der Waals surface area contributed by atoms with Gasteiger partial charge in [0.05, 0.1) is 30.0 Å². The average Bonchev–Trinajstić information content (AvgIpc) is 3.08. The maximum atomic E-state index is 12.5. The number of nitrogens with zero attached hydrogens (tertiary/aromatic N) is 1. The number of hydrogen-bond acceptors (Lipinski definition) is 6. The fourth-order valence-corrected chi connectivity index (χ4v) is 3.46. The monoisotopic (exact) mass is 357 g/mol. The Morgan fingerprint density at radius 3 is 2.68 bits per heavy atom. The van der Waals surface area contributed by atoms with Crippen molar-refractivity contribution >= 4 is 32.6 Å². The van der Waals surface area contributed by atoms with Crippen LogP contribution in [-0.2, 0) is 6.42 Å². The summed E-state index contributed by atoms with van der Waals surface area (Å²) < 4.78 is 11.6. The molecule has 0 aliphatic heterocycles. The van der Waals surface area contributed by atoms with Crippen molar-refractivity contribution in [1.29, 1.82) is 0 Å². The number of carbonyl (C=O) groups excluding carboxylic acids is 1. The van der Waals surface area contributed by atoms with Crippen molar-refractivity contribution in [3.63, 3.8) is 0 Å². The molecule has 0 aliphatic rings. The number of hydrazine groups is 1. The second-order valence-corrected chi connectivity index (χ2v) is 6.29. The van der Waals surface area contributed by atoms with Crippen LogP contribution < -0.4 is 20.3 Å². The van der Waals surface area contributed by atoms with E-state index < -0.39 is 0 Å².